The summed E-state index contributed by atoms with van der Waals surface area (Å²) in [5, 5.41) is 153. The number of carbonyl (C=O) groups is 3. The predicted octanol–water partition coefficient (Wildman–Crippen LogP) is -8.53. The van der Waals surface area contributed by atoms with Crippen molar-refractivity contribution in [2.24, 2.45) is 5.73 Å². The van der Waals surface area contributed by atoms with Crippen molar-refractivity contribution < 1.29 is 95.3 Å². The Morgan fingerprint density at radius 1 is 0.477 bits per heavy atom. The van der Waals surface area contributed by atoms with Crippen LogP contribution in [0.15, 0.2) is 0 Å². The molecule has 25 nitrogen and oxygen atoms in total. The molecule has 0 aromatic rings. The molecular weight excluding hydrogens is 868 g/mol. The Morgan fingerprint density at radius 3 is 0.954 bits per heavy atom. The van der Waals surface area contributed by atoms with Gasteiger partial charge in [-0.1, -0.05) is 0 Å². The molecule has 3 amide bonds. The SMILES string of the molecule is C1OC1CC1CO1.CC(=O)NC(C(O)C(C)O)C(O)C(O)C(C)N.CC(=O)NC(C(O)C(C)O)C(O)C(O)C(C)NCC(O)CC(O)CNC(C)C(O)C(O)C(NC(C)=O)C(O)C(C)O. The van der Waals surface area contributed by atoms with Crippen LogP contribution in [-0.2, 0) is 23.9 Å². The molecule has 2 aliphatic rings. The Balaban J connectivity index is 0.00000137. The van der Waals surface area contributed by atoms with E-state index in [1.165, 1.54) is 48.5 Å². The molecule has 0 aliphatic carbocycles. The second kappa shape index (κ2) is 30.9. The highest BCUT2D eigenvalue weighted by molar-refractivity contribution is 5.74. The zero-order valence-electron chi connectivity index (χ0n) is 38.8. The molecule has 2 aliphatic heterocycles. The summed E-state index contributed by atoms with van der Waals surface area (Å²) < 4.78 is 9.96. The number of aliphatic hydroxyl groups excluding tert-OH is 14. The van der Waals surface area contributed by atoms with Gasteiger partial charge in [-0.2, -0.15) is 0 Å². The van der Waals surface area contributed by atoms with Crippen molar-refractivity contribution in [3.8, 4) is 0 Å². The van der Waals surface area contributed by atoms with E-state index in [0.29, 0.717) is 12.2 Å². The summed E-state index contributed by atoms with van der Waals surface area (Å²) >= 11 is 0. The van der Waals surface area contributed by atoms with Crippen molar-refractivity contribution in [2.75, 3.05) is 26.3 Å². The number of epoxide rings is 2. The third kappa shape index (κ3) is 25.0. The molecule has 21 N–H and O–H groups in total. The number of aliphatic hydroxyl groups is 14. The van der Waals surface area contributed by atoms with Crippen molar-refractivity contribution in [1.29, 1.82) is 0 Å². The zero-order chi connectivity index (χ0) is 50.6. The van der Waals surface area contributed by atoms with E-state index < -0.39 is 139 Å². The van der Waals surface area contributed by atoms with E-state index in [4.69, 9.17) is 15.2 Å². The van der Waals surface area contributed by atoms with Gasteiger partial charge in [0.05, 0.1) is 92.4 Å². The highest BCUT2D eigenvalue weighted by atomic mass is 16.6. The first-order valence-corrected chi connectivity index (χ1v) is 21.7. The molecule has 0 spiro atoms. The van der Waals surface area contributed by atoms with Gasteiger partial charge in [-0.05, 0) is 41.5 Å². The number of nitrogens with two attached hydrogens (primary N) is 1. The van der Waals surface area contributed by atoms with Gasteiger partial charge in [-0.25, -0.2) is 0 Å². The Kier molecular flexibility index (Phi) is 29.8. The van der Waals surface area contributed by atoms with E-state index in [1.54, 1.807) is 0 Å². The standard InChI is InChI=1S/C25H52N4O12.C10H22N2O5.C5H8O2/c1-10(20(36)24(40)18(28-14(5)32)22(38)12(3)30)26-8-16(34)7-17(35)9-27-11(2)21(37)25(41)19(29-15(6)33)23(39)13(4)31;1-4(11)8(15)10(17)7(12-6(3)14)9(16)5(2)13;1(4-2-6-4)5-3-7-5/h10-13,16-27,30-31,34-41H,7-9H2,1-6H3,(H,28,32)(H,29,33);4-5,7-10,13,15-17H,11H2,1-3H3,(H,12,14);4-5H,1-3H2. The number of rotatable bonds is 28. The van der Waals surface area contributed by atoms with Crippen molar-refractivity contribution in [1.82, 2.24) is 26.6 Å². The molecule has 25 heteroatoms. The number of ether oxygens (including phenoxy) is 2. The van der Waals surface area contributed by atoms with Crippen molar-refractivity contribution >= 4 is 17.7 Å². The smallest absolute Gasteiger partial charge is 0.217 e. The van der Waals surface area contributed by atoms with Gasteiger partial charge < -0.3 is 113 Å². The summed E-state index contributed by atoms with van der Waals surface area (Å²) in [5.41, 5.74) is 5.41. The van der Waals surface area contributed by atoms with Gasteiger partial charge in [0.1, 0.15) is 36.6 Å². The van der Waals surface area contributed by atoms with Crippen LogP contribution in [0.2, 0.25) is 0 Å². The van der Waals surface area contributed by atoms with Gasteiger partial charge in [-0.15, -0.1) is 0 Å². The van der Waals surface area contributed by atoms with Crippen molar-refractivity contribution in [3.05, 3.63) is 0 Å². The average molecular weight is 951 g/mol. The van der Waals surface area contributed by atoms with Crippen LogP contribution >= 0.6 is 0 Å². The van der Waals surface area contributed by atoms with E-state index in [9.17, 15) is 85.9 Å². The summed E-state index contributed by atoms with van der Waals surface area (Å²) in [5.74, 6) is -1.69. The lowest BCUT2D eigenvalue weighted by Crippen LogP contribution is -2.60. The second-order valence-electron chi connectivity index (χ2n) is 17.3. The van der Waals surface area contributed by atoms with Gasteiger partial charge >= 0.3 is 0 Å². The van der Waals surface area contributed by atoms with E-state index in [-0.39, 0.29) is 19.5 Å². The normalized spacial score (nSPS) is 24.9. The minimum atomic E-state index is -1.67. The molecule has 22 atom stereocenters. The fraction of sp³-hybridized carbons (Fsp3) is 0.925. The number of hydrogen-bond donors (Lipinski definition) is 20. The minimum absolute atomic E-state index is 0.127. The molecule has 0 aromatic heterocycles. The minimum Gasteiger partial charge on any atom is -0.392 e. The maximum Gasteiger partial charge on any atom is 0.217 e. The largest absolute Gasteiger partial charge is 0.392 e. The first-order valence-electron chi connectivity index (χ1n) is 21.7. The molecule has 386 valence electrons. The highest BCUT2D eigenvalue weighted by Crippen LogP contribution is 2.23. The van der Waals surface area contributed by atoms with Gasteiger partial charge in [-0.3, -0.25) is 14.4 Å². The van der Waals surface area contributed by atoms with Crippen molar-refractivity contribution in [2.45, 2.75) is 209 Å². The number of hydrogen-bond acceptors (Lipinski definition) is 22. The van der Waals surface area contributed by atoms with Crippen LogP contribution in [0.25, 0.3) is 0 Å². The van der Waals surface area contributed by atoms with Gasteiger partial charge in [0, 0.05) is 64.8 Å². The Morgan fingerprint density at radius 2 is 0.738 bits per heavy atom. The van der Waals surface area contributed by atoms with Gasteiger partial charge in [0.25, 0.3) is 0 Å². The molecule has 0 aromatic carbocycles. The molecule has 65 heavy (non-hydrogen) atoms. The van der Waals surface area contributed by atoms with Crippen LogP contribution in [0, 0.1) is 0 Å². The Bertz CT molecular complexity index is 1260. The van der Waals surface area contributed by atoms with E-state index >= 15 is 0 Å². The maximum atomic E-state index is 11.4. The molecule has 22 unspecified atom stereocenters. The number of nitrogens with one attached hydrogen (secondary N) is 5. The van der Waals surface area contributed by atoms with Crippen LogP contribution < -0.4 is 32.3 Å². The molecule has 0 saturated carbocycles. The lowest BCUT2D eigenvalue weighted by Gasteiger charge is -2.35. The topological polar surface area (TPSA) is 446 Å². The number of amides is 3. The lowest BCUT2D eigenvalue weighted by molar-refractivity contribution is -0.126. The summed E-state index contributed by atoms with van der Waals surface area (Å²) in [6, 6.07) is -6.36. The fourth-order valence-electron chi connectivity index (χ4n) is 6.33. The highest BCUT2D eigenvalue weighted by Gasteiger charge is 2.39. The fourth-order valence-corrected chi connectivity index (χ4v) is 6.33. The van der Waals surface area contributed by atoms with Crippen LogP contribution in [0.4, 0.5) is 0 Å². The predicted molar refractivity (Wildman–Crippen MR) is 231 cm³/mol. The van der Waals surface area contributed by atoms with E-state index in [2.05, 4.69) is 26.6 Å². The van der Waals surface area contributed by atoms with Crippen LogP contribution in [-0.4, -0.2) is 249 Å². The molecule has 2 fully saturated rings. The molecule has 2 heterocycles. The summed E-state index contributed by atoms with van der Waals surface area (Å²) in [7, 11) is 0. The molecule has 2 saturated heterocycles. The van der Waals surface area contributed by atoms with Crippen LogP contribution in [0.1, 0.15) is 75.2 Å². The van der Waals surface area contributed by atoms with Gasteiger partial charge in [0.15, 0.2) is 0 Å². The quantitative estimate of drug-likeness (QED) is 0.0324. The third-order valence-corrected chi connectivity index (χ3v) is 10.6. The molecular formula is C40H82N6O19. The van der Waals surface area contributed by atoms with Crippen LogP contribution in [0.3, 0.4) is 0 Å². The average Bonchev–Trinajstić information content (AvgIpc) is 4.18. The molecule has 2 rings (SSSR count). The zero-order valence-corrected chi connectivity index (χ0v) is 38.8. The molecule has 0 radical (unpaired) electrons. The van der Waals surface area contributed by atoms with Crippen molar-refractivity contribution in [3.63, 3.8) is 0 Å². The Hall–Kier alpha value is -2.35. The first-order chi connectivity index (χ1) is 29.9. The second-order valence-corrected chi connectivity index (χ2v) is 17.3. The number of carbonyl (C=O) groups excluding carboxylic acids is 3. The molecule has 0 bridgehead atoms. The van der Waals surface area contributed by atoms with Gasteiger partial charge in [0.2, 0.25) is 17.7 Å². The summed E-state index contributed by atoms with van der Waals surface area (Å²) in [4.78, 5) is 33.8. The van der Waals surface area contributed by atoms with E-state index in [1.807, 2.05) is 0 Å². The summed E-state index contributed by atoms with van der Waals surface area (Å²) in [6.07, 6.45) is -17.6. The monoisotopic (exact) mass is 951 g/mol. The van der Waals surface area contributed by atoms with E-state index in [0.717, 1.165) is 33.5 Å². The third-order valence-electron chi connectivity index (χ3n) is 10.6. The Labute approximate surface area is 380 Å². The summed E-state index contributed by atoms with van der Waals surface area (Å²) in [6.45, 7) is 13.4. The first kappa shape index (κ1) is 62.6. The van der Waals surface area contributed by atoms with Crippen LogP contribution in [0.5, 0.6) is 0 Å². The lowest BCUT2D eigenvalue weighted by atomic mass is 9.93. The maximum absolute atomic E-state index is 11.4.